The molecule has 2 unspecified atom stereocenters. The Morgan fingerprint density at radius 1 is 1.40 bits per heavy atom. The number of nitrogens with one attached hydrogen (secondary N) is 1. The van der Waals surface area contributed by atoms with E-state index in [1.165, 1.54) is 6.07 Å². The Bertz CT molecular complexity index is 482. The molecule has 1 aromatic rings. The Balaban J connectivity index is 2.32. The Hall–Kier alpha value is -1.69. The minimum atomic E-state index is -2.88. The summed E-state index contributed by atoms with van der Waals surface area (Å²) >= 11 is 0. The molecule has 20 heavy (non-hydrogen) atoms. The van der Waals surface area contributed by atoms with Gasteiger partial charge < -0.3 is 9.64 Å². The number of halogens is 2. The number of hydrogen-bond donors (Lipinski definition) is 1. The summed E-state index contributed by atoms with van der Waals surface area (Å²) in [5, 5.41) is 3.12. The molecule has 1 fully saturated rings. The lowest BCUT2D eigenvalue weighted by Crippen LogP contribution is -2.31. The molecule has 1 N–H and O–H groups in total. The number of alkyl halides is 2. The normalized spacial score (nSPS) is 22.6. The van der Waals surface area contributed by atoms with Crippen LogP contribution in [0.15, 0.2) is 24.3 Å². The Labute approximate surface area is 116 Å². The highest BCUT2D eigenvalue weighted by molar-refractivity contribution is 5.84. The molecule has 1 saturated heterocycles. The van der Waals surface area contributed by atoms with Crippen LogP contribution < -0.4 is 10.1 Å². The molecule has 0 aromatic heterocycles. The number of rotatable bonds is 5. The van der Waals surface area contributed by atoms with E-state index in [2.05, 4.69) is 10.1 Å². The molecule has 1 heterocycles. The Morgan fingerprint density at radius 3 is 2.75 bits per heavy atom. The van der Waals surface area contributed by atoms with Crippen molar-refractivity contribution in [3.8, 4) is 5.75 Å². The van der Waals surface area contributed by atoms with Gasteiger partial charge in [-0.25, -0.2) is 0 Å². The van der Waals surface area contributed by atoms with Crippen LogP contribution >= 0.6 is 0 Å². The lowest BCUT2D eigenvalue weighted by atomic mass is 10.1. The van der Waals surface area contributed by atoms with Gasteiger partial charge in [0.25, 0.3) is 0 Å². The molecule has 1 aliphatic rings. The molecule has 2 atom stereocenters. The number of carbonyl (C=O) groups excluding carboxylic acids is 1. The second-order valence-corrected chi connectivity index (χ2v) is 4.74. The van der Waals surface area contributed by atoms with Gasteiger partial charge in [-0.1, -0.05) is 25.1 Å². The molecule has 1 amide bonds. The van der Waals surface area contributed by atoms with Gasteiger partial charge in [-0.05, 0) is 19.4 Å². The lowest BCUT2D eigenvalue weighted by Gasteiger charge is -2.25. The van der Waals surface area contributed by atoms with Crippen LogP contribution in [0.25, 0.3) is 0 Å². The quantitative estimate of drug-likeness (QED) is 0.903. The van der Waals surface area contributed by atoms with Crippen molar-refractivity contribution in [2.45, 2.75) is 39.1 Å². The van der Waals surface area contributed by atoms with E-state index >= 15 is 0 Å². The van der Waals surface area contributed by atoms with Gasteiger partial charge in [0, 0.05) is 12.1 Å². The van der Waals surface area contributed by atoms with Crippen molar-refractivity contribution in [3.63, 3.8) is 0 Å². The third-order valence-corrected chi connectivity index (χ3v) is 3.27. The zero-order valence-corrected chi connectivity index (χ0v) is 11.5. The number of ether oxygens (including phenoxy) is 1. The number of carbonyl (C=O) groups is 1. The van der Waals surface area contributed by atoms with Gasteiger partial charge in [0.2, 0.25) is 5.91 Å². The van der Waals surface area contributed by atoms with Gasteiger partial charge in [0.05, 0.1) is 6.04 Å². The Kier molecular flexibility index (Phi) is 4.54. The first-order valence-electron chi connectivity index (χ1n) is 6.64. The first kappa shape index (κ1) is 14.7. The van der Waals surface area contributed by atoms with E-state index in [9.17, 15) is 13.6 Å². The monoisotopic (exact) mass is 284 g/mol. The molecular weight excluding hydrogens is 266 g/mol. The van der Waals surface area contributed by atoms with Gasteiger partial charge in [0.1, 0.15) is 11.9 Å². The summed E-state index contributed by atoms with van der Waals surface area (Å²) in [5.74, 6) is 0.0757. The minimum absolute atomic E-state index is 0.0244. The highest BCUT2D eigenvalue weighted by Crippen LogP contribution is 2.32. The summed E-state index contributed by atoms with van der Waals surface area (Å²) in [6, 6.07) is 6.23. The fourth-order valence-electron chi connectivity index (χ4n) is 2.42. The largest absolute Gasteiger partial charge is 0.434 e. The van der Waals surface area contributed by atoms with Crippen LogP contribution in [0.3, 0.4) is 0 Å². The van der Waals surface area contributed by atoms with Crippen LogP contribution in [0.4, 0.5) is 8.78 Å². The van der Waals surface area contributed by atoms with Crippen LogP contribution in [0.2, 0.25) is 0 Å². The first-order valence-corrected chi connectivity index (χ1v) is 6.64. The summed E-state index contributed by atoms with van der Waals surface area (Å²) in [5.41, 5.74) is 0.555. The second kappa shape index (κ2) is 6.17. The van der Waals surface area contributed by atoms with Crippen LogP contribution in [-0.2, 0) is 4.79 Å². The predicted molar refractivity (Wildman–Crippen MR) is 70.4 cm³/mol. The van der Waals surface area contributed by atoms with E-state index in [0.29, 0.717) is 12.1 Å². The smallest absolute Gasteiger partial charge is 0.387 e. The highest BCUT2D eigenvalue weighted by atomic mass is 19.3. The summed E-state index contributed by atoms with van der Waals surface area (Å²) in [7, 11) is 0. The molecule has 110 valence electrons. The zero-order chi connectivity index (χ0) is 14.7. The predicted octanol–water partition coefficient (Wildman–Crippen LogP) is 2.52. The highest BCUT2D eigenvalue weighted by Gasteiger charge is 2.37. The maximum absolute atomic E-state index is 12.5. The van der Waals surface area contributed by atoms with Crippen molar-refractivity contribution in [2.24, 2.45) is 0 Å². The van der Waals surface area contributed by atoms with Gasteiger partial charge in [-0.3, -0.25) is 10.1 Å². The van der Waals surface area contributed by atoms with Crippen molar-refractivity contribution < 1.29 is 18.3 Å². The minimum Gasteiger partial charge on any atom is -0.434 e. The van der Waals surface area contributed by atoms with E-state index in [1.54, 1.807) is 30.0 Å². The van der Waals surface area contributed by atoms with E-state index in [1.807, 2.05) is 6.92 Å². The summed E-state index contributed by atoms with van der Waals surface area (Å²) < 4.78 is 29.5. The molecule has 1 aliphatic heterocycles. The van der Waals surface area contributed by atoms with Crippen LogP contribution in [-0.4, -0.2) is 30.0 Å². The number of amides is 1. The molecule has 0 radical (unpaired) electrons. The summed E-state index contributed by atoms with van der Waals surface area (Å²) in [6.07, 6.45) is 0.376. The number of para-hydroxylation sites is 1. The van der Waals surface area contributed by atoms with Gasteiger partial charge >= 0.3 is 6.61 Å². The van der Waals surface area contributed by atoms with Crippen molar-refractivity contribution in [1.29, 1.82) is 0 Å². The standard InChI is InChI=1S/C14H18F2N2O2/c1-3-8-18-12(17-9(2)13(18)19)10-6-4-5-7-11(10)20-14(15)16/h4-7,9,12,14,17H,3,8H2,1-2H3. The fourth-order valence-corrected chi connectivity index (χ4v) is 2.42. The molecule has 1 aromatic carbocycles. The third-order valence-electron chi connectivity index (χ3n) is 3.27. The fraction of sp³-hybridized carbons (Fsp3) is 0.500. The average Bonchev–Trinajstić information content (AvgIpc) is 2.67. The van der Waals surface area contributed by atoms with Gasteiger partial charge in [-0.2, -0.15) is 8.78 Å². The van der Waals surface area contributed by atoms with E-state index in [4.69, 9.17) is 0 Å². The van der Waals surface area contributed by atoms with E-state index in [0.717, 1.165) is 6.42 Å². The topological polar surface area (TPSA) is 41.6 Å². The molecule has 0 bridgehead atoms. The van der Waals surface area contributed by atoms with Gasteiger partial charge in [-0.15, -0.1) is 0 Å². The van der Waals surface area contributed by atoms with Crippen LogP contribution in [0.5, 0.6) is 5.75 Å². The molecule has 4 nitrogen and oxygen atoms in total. The molecule has 2 rings (SSSR count). The zero-order valence-electron chi connectivity index (χ0n) is 11.5. The van der Waals surface area contributed by atoms with Crippen molar-refractivity contribution in [1.82, 2.24) is 10.2 Å². The maximum atomic E-state index is 12.5. The number of hydrogen-bond acceptors (Lipinski definition) is 3. The third kappa shape index (κ3) is 2.90. The number of benzene rings is 1. The Morgan fingerprint density at radius 2 is 2.10 bits per heavy atom. The molecular formula is C14H18F2N2O2. The van der Waals surface area contributed by atoms with E-state index < -0.39 is 12.8 Å². The SMILES string of the molecule is CCCN1C(=O)C(C)NC1c1ccccc1OC(F)F. The summed E-state index contributed by atoms with van der Waals surface area (Å²) in [4.78, 5) is 13.8. The van der Waals surface area contributed by atoms with E-state index in [-0.39, 0.29) is 17.7 Å². The molecule has 0 aliphatic carbocycles. The summed E-state index contributed by atoms with van der Waals surface area (Å²) in [6.45, 7) is 1.42. The number of nitrogens with zero attached hydrogens (tertiary/aromatic N) is 1. The van der Waals surface area contributed by atoms with Crippen LogP contribution in [0.1, 0.15) is 32.0 Å². The first-order chi connectivity index (χ1) is 9.54. The molecule has 6 heteroatoms. The molecule has 0 spiro atoms. The van der Waals surface area contributed by atoms with Crippen molar-refractivity contribution in [2.75, 3.05) is 6.54 Å². The average molecular weight is 284 g/mol. The van der Waals surface area contributed by atoms with Gasteiger partial charge in [0.15, 0.2) is 0 Å². The lowest BCUT2D eigenvalue weighted by molar-refractivity contribution is -0.129. The van der Waals surface area contributed by atoms with Crippen molar-refractivity contribution in [3.05, 3.63) is 29.8 Å². The maximum Gasteiger partial charge on any atom is 0.387 e. The second-order valence-electron chi connectivity index (χ2n) is 4.74. The van der Waals surface area contributed by atoms with Crippen LogP contribution in [0, 0.1) is 0 Å². The molecule has 0 saturated carbocycles. The van der Waals surface area contributed by atoms with Crippen molar-refractivity contribution >= 4 is 5.91 Å².